The minimum Gasteiger partial charge on any atom is -0.357 e. The summed E-state index contributed by atoms with van der Waals surface area (Å²) in [5, 5.41) is 23.0. The van der Waals surface area contributed by atoms with Gasteiger partial charge in [-0.15, -0.1) is 11.3 Å². The molecule has 2 heterocycles. The van der Waals surface area contributed by atoms with Crippen LogP contribution >= 0.6 is 11.3 Å². The Morgan fingerprint density at radius 2 is 2.25 bits per heavy atom. The number of rotatable bonds is 4. The molecule has 0 spiro atoms. The Kier molecular flexibility index (Phi) is 3.96. The Balaban J connectivity index is 2.34. The Morgan fingerprint density at radius 3 is 2.80 bits per heavy atom. The number of pyridine rings is 1. The third kappa shape index (κ3) is 2.75. The quantitative estimate of drug-likeness (QED) is 0.687. The molecule has 0 bridgehead atoms. The second kappa shape index (κ2) is 5.67. The van der Waals surface area contributed by atoms with E-state index in [0.29, 0.717) is 0 Å². The maximum Gasteiger partial charge on any atom is 0.328 e. The van der Waals surface area contributed by atoms with E-state index in [1.807, 2.05) is 32.0 Å². The molecule has 0 aliphatic heterocycles. The zero-order chi connectivity index (χ0) is 14.7. The van der Waals surface area contributed by atoms with Crippen LogP contribution in [0.2, 0.25) is 0 Å². The van der Waals surface area contributed by atoms with Crippen molar-refractivity contribution in [1.82, 2.24) is 4.98 Å². The van der Waals surface area contributed by atoms with Crippen LogP contribution in [-0.4, -0.2) is 9.91 Å². The normalized spacial score (nSPS) is 11.7. The van der Waals surface area contributed by atoms with Gasteiger partial charge in [0.05, 0.1) is 11.0 Å². The van der Waals surface area contributed by atoms with Gasteiger partial charge in [0.1, 0.15) is 11.6 Å². The van der Waals surface area contributed by atoms with Crippen molar-refractivity contribution in [3.8, 4) is 6.07 Å². The first-order valence-corrected chi connectivity index (χ1v) is 6.71. The summed E-state index contributed by atoms with van der Waals surface area (Å²) >= 11 is 1.61. The number of nitrogens with zero attached hydrogens (tertiary/aromatic N) is 3. The molecule has 0 aromatic carbocycles. The van der Waals surface area contributed by atoms with Crippen molar-refractivity contribution in [1.29, 1.82) is 5.26 Å². The van der Waals surface area contributed by atoms with E-state index in [4.69, 9.17) is 5.26 Å². The molecule has 1 atom stereocenters. The van der Waals surface area contributed by atoms with E-state index in [1.165, 1.54) is 17.1 Å². The van der Waals surface area contributed by atoms with Crippen molar-refractivity contribution in [3.63, 3.8) is 0 Å². The summed E-state index contributed by atoms with van der Waals surface area (Å²) in [4.78, 5) is 16.7. The number of hydrogen-bond donors (Lipinski definition) is 1. The van der Waals surface area contributed by atoms with E-state index in [1.54, 1.807) is 11.3 Å². The molecule has 20 heavy (non-hydrogen) atoms. The molecule has 1 N–H and O–H groups in total. The van der Waals surface area contributed by atoms with Gasteiger partial charge in [0.2, 0.25) is 5.82 Å². The number of aryl methyl sites for hydroxylation is 1. The van der Waals surface area contributed by atoms with Gasteiger partial charge in [-0.2, -0.15) is 5.26 Å². The first-order chi connectivity index (χ1) is 9.52. The van der Waals surface area contributed by atoms with Crippen molar-refractivity contribution in [3.05, 3.63) is 49.8 Å². The number of anilines is 1. The van der Waals surface area contributed by atoms with E-state index in [-0.39, 0.29) is 23.1 Å². The van der Waals surface area contributed by atoms with Gasteiger partial charge in [-0.1, -0.05) is 0 Å². The van der Waals surface area contributed by atoms with Crippen molar-refractivity contribution in [2.45, 2.75) is 19.9 Å². The molecule has 0 aliphatic rings. The highest BCUT2D eigenvalue weighted by Gasteiger charge is 2.22. The molecule has 0 saturated carbocycles. The molecule has 0 saturated heterocycles. The maximum absolute atomic E-state index is 11.1. The molecule has 2 aromatic rings. The molecule has 2 rings (SSSR count). The Morgan fingerprint density at radius 1 is 1.50 bits per heavy atom. The summed E-state index contributed by atoms with van der Waals surface area (Å²) in [5.41, 5.74) is -0.280. The zero-order valence-corrected chi connectivity index (χ0v) is 11.8. The maximum atomic E-state index is 11.1. The average Bonchev–Trinajstić information content (AvgIpc) is 2.84. The topological polar surface area (TPSA) is 91.8 Å². The van der Waals surface area contributed by atoms with E-state index in [0.717, 1.165) is 4.88 Å². The van der Waals surface area contributed by atoms with Gasteiger partial charge in [0.15, 0.2) is 0 Å². The predicted molar refractivity (Wildman–Crippen MR) is 76.7 cm³/mol. The number of nitriles is 1. The number of aromatic nitrogens is 1. The fourth-order valence-electron chi connectivity index (χ4n) is 1.80. The summed E-state index contributed by atoms with van der Waals surface area (Å²) in [7, 11) is 0. The largest absolute Gasteiger partial charge is 0.357 e. The lowest BCUT2D eigenvalue weighted by molar-refractivity contribution is -0.384. The van der Waals surface area contributed by atoms with Crippen LogP contribution in [0.4, 0.5) is 11.5 Å². The van der Waals surface area contributed by atoms with Crippen LogP contribution < -0.4 is 5.32 Å². The van der Waals surface area contributed by atoms with Gasteiger partial charge in [-0.25, -0.2) is 4.98 Å². The van der Waals surface area contributed by atoms with Gasteiger partial charge in [-0.05, 0) is 32.0 Å². The second-order valence-electron chi connectivity index (χ2n) is 4.24. The Hall–Kier alpha value is -2.46. The zero-order valence-electron chi connectivity index (χ0n) is 11.0. The van der Waals surface area contributed by atoms with Crippen molar-refractivity contribution >= 4 is 22.8 Å². The smallest absolute Gasteiger partial charge is 0.328 e. The molecule has 0 fully saturated rings. The molecule has 102 valence electrons. The van der Waals surface area contributed by atoms with E-state index < -0.39 is 4.92 Å². The van der Waals surface area contributed by atoms with Gasteiger partial charge in [0.25, 0.3) is 0 Å². The minimum atomic E-state index is -0.583. The summed E-state index contributed by atoms with van der Waals surface area (Å²) in [5.74, 6) is 0.118. The van der Waals surface area contributed by atoms with E-state index in [9.17, 15) is 10.1 Å². The van der Waals surface area contributed by atoms with Crippen LogP contribution in [0.25, 0.3) is 0 Å². The van der Waals surface area contributed by atoms with Crippen LogP contribution in [0, 0.1) is 28.4 Å². The van der Waals surface area contributed by atoms with Crippen molar-refractivity contribution < 1.29 is 4.92 Å². The molecular weight excluding hydrogens is 276 g/mol. The molecule has 0 amide bonds. The van der Waals surface area contributed by atoms with Crippen LogP contribution in [-0.2, 0) is 0 Å². The lowest BCUT2D eigenvalue weighted by Gasteiger charge is -2.13. The highest BCUT2D eigenvalue weighted by molar-refractivity contribution is 7.12. The third-order valence-corrected chi connectivity index (χ3v) is 3.95. The molecule has 7 heteroatoms. The van der Waals surface area contributed by atoms with Gasteiger partial charge in [0, 0.05) is 16.0 Å². The highest BCUT2D eigenvalue weighted by Crippen LogP contribution is 2.30. The highest BCUT2D eigenvalue weighted by atomic mass is 32.1. The lowest BCUT2D eigenvalue weighted by atomic mass is 10.2. The Labute approximate surface area is 119 Å². The summed E-state index contributed by atoms with van der Waals surface area (Å²) in [6.45, 7) is 3.90. The molecule has 2 aromatic heterocycles. The minimum absolute atomic E-state index is 0.00191. The van der Waals surface area contributed by atoms with Gasteiger partial charge in [-0.3, -0.25) is 10.1 Å². The summed E-state index contributed by atoms with van der Waals surface area (Å²) < 4.78 is 0. The van der Waals surface area contributed by atoms with Crippen molar-refractivity contribution in [2.75, 3.05) is 5.32 Å². The monoisotopic (exact) mass is 288 g/mol. The Bertz CT molecular complexity index is 690. The first-order valence-electron chi connectivity index (χ1n) is 5.89. The standard InChI is InChI=1S/C13H12N4O2S/c1-8-3-4-11(20-8)9(2)16-13-12(17(18)19)10(7-14)5-6-15-13/h3-6,9H,1-2H3,(H,15,16)/t9-/m0/s1. The molecule has 0 unspecified atom stereocenters. The number of thiophene rings is 1. The van der Waals surface area contributed by atoms with E-state index >= 15 is 0 Å². The molecular formula is C13H12N4O2S. The van der Waals surface area contributed by atoms with Crippen LogP contribution in [0.5, 0.6) is 0 Å². The third-order valence-electron chi connectivity index (χ3n) is 2.77. The lowest BCUT2D eigenvalue weighted by Crippen LogP contribution is -2.09. The van der Waals surface area contributed by atoms with Crippen LogP contribution in [0.1, 0.15) is 28.3 Å². The number of nitro groups is 1. The SMILES string of the molecule is Cc1ccc([C@H](C)Nc2nccc(C#N)c2[N+](=O)[O-])s1. The molecule has 6 nitrogen and oxygen atoms in total. The van der Waals surface area contributed by atoms with Crippen LogP contribution in [0.3, 0.4) is 0 Å². The number of nitrogens with one attached hydrogen (secondary N) is 1. The molecule has 0 radical (unpaired) electrons. The summed E-state index contributed by atoms with van der Waals surface area (Å²) in [6, 6.07) is 7.00. The molecule has 0 aliphatic carbocycles. The summed E-state index contributed by atoms with van der Waals surface area (Å²) in [6.07, 6.45) is 1.39. The van der Waals surface area contributed by atoms with Crippen molar-refractivity contribution in [2.24, 2.45) is 0 Å². The first kappa shape index (κ1) is 14.0. The number of hydrogen-bond acceptors (Lipinski definition) is 6. The van der Waals surface area contributed by atoms with Gasteiger partial charge >= 0.3 is 5.69 Å². The van der Waals surface area contributed by atoms with Gasteiger partial charge < -0.3 is 5.32 Å². The predicted octanol–water partition coefficient (Wildman–Crippen LogP) is 3.40. The fraction of sp³-hybridized carbons (Fsp3) is 0.231. The average molecular weight is 288 g/mol. The fourth-order valence-corrected chi connectivity index (χ4v) is 2.68. The second-order valence-corrected chi connectivity index (χ2v) is 5.56. The van der Waals surface area contributed by atoms with E-state index in [2.05, 4.69) is 10.3 Å². The van der Waals surface area contributed by atoms with Crippen LogP contribution in [0.15, 0.2) is 24.4 Å².